The third-order valence-electron chi connectivity index (χ3n) is 3.14. The maximum absolute atomic E-state index is 12.7. The molecule has 1 amide bonds. The van der Waals surface area contributed by atoms with Crippen LogP contribution in [0.25, 0.3) is 0 Å². The van der Waals surface area contributed by atoms with E-state index in [0.717, 1.165) is 12.3 Å². The van der Waals surface area contributed by atoms with Gasteiger partial charge in [-0.15, -0.1) is 0 Å². The summed E-state index contributed by atoms with van der Waals surface area (Å²) >= 11 is 0. The molecular formula is C15H14F3N3O3. The van der Waals surface area contributed by atoms with Gasteiger partial charge in [-0.1, -0.05) is 6.07 Å². The average molecular weight is 341 g/mol. The number of hydrogen-bond acceptors (Lipinski definition) is 4. The molecule has 0 atom stereocenters. The molecule has 0 saturated carbocycles. The van der Waals surface area contributed by atoms with E-state index in [1.165, 1.54) is 13.3 Å². The van der Waals surface area contributed by atoms with Crippen molar-refractivity contribution in [2.75, 3.05) is 7.11 Å². The summed E-state index contributed by atoms with van der Waals surface area (Å²) in [6.45, 7) is -0.379. The van der Waals surface area contributed by atoms with Gasteiger partial charge in [-0.25, -0.2) is 4.98 Å². The number of nitrogens with one attached hydrogen (secondary N) is 1. The predicted octanol–water partition coefficient (Wildman–Crippen LogP) is 1.59. The number of halogens is 3. The maximum Gasteiger partial charge on any atom is 0.421 e. The van der Waals surface area contributed by atoms with E-state index in [4.69, 9.17) is 4.74 Å². The molecule has 9 heteroatoms. The van der Waals surface area contributed by atoms with Crippen molar-refractivity contribution in [3.05, 3.63) is 58.1 Å². The highest BCUT2D eigenvalue weighted by atomic mass is 19.4. The van der Waals surface area contributed by atoms with Crippen molar-refractivity contribution in [3.63, 3.8) is 0 Å². The highest BCUT2D eigenvalue weighted by Crippen LogP contribution is 2.25. The van der Waals surface area contributed by atoms with Crippen molar-refractivity contribution in [1.29, 1.82) is 0 Å². The van der Waals surface area contributed by atoms with E-state index < -0.39 is 29.8 Å². The van der Waals surface area contributed by atoms with Gasteiger partial charge < -0.3 is 14.6 Å². The van der Waals surface area contributed by atoms with Gasteiger partial charge in [-0.2, -0.15) is 13.2 Å². The van der Waals surface area contributed by atoms with Crippen LogP contribution in [0.4, 0.5) is 13.2 Å². The maximum atomic E-state index is 12.7. The fraction of sp³-hybridized carbons (Fsp3) is 0.267. The molecule has 0 spiro atoms. The number of nitrogens with zero attached hydrogens (tertiary/aromatic N) is 2. The van der Waals surface area contributed by atoms with Crippen LogP contribution < -0.4 is 15.6 Å². The smallest absolute Gasteiger partial charge is 0.421 e. The Labute approximate surface area is 134 Å². The van der Waals surface area contributed by atoms with Crippen LogP contribution in [0.2, 0.25) is 0 Å². The molecule has 2 heterocycles. The summed E-state index contributed by atoms with van der Waals surface area (Å²) in [6, 6.07) is 5.05. The van der Waals surface area contributed by atoms with Crippen LogP contribution in [-0.2, 0) is 24.1 Å². The number of carbonyl (C=O) groups excluding carboxylic acids is 1. The number of alkyl halides is 3. The molecule has 0 aromatic carbocycles. The van der Waals surface area contributed by atoms with Crippen molar-refractivity contribution in [1.82, 2.24) is 14.9 Å². The van der Waals surface area contributed by atoms with Gasteiger partial charge in [0, 0.05) is 25.0 Å². The van der Waals surface area contributed by atoms with Gasteiger partial charge >= 0.3 is 6.18 Å². The van der Waals surface area contributed by atoms with Crippen LogP contribution in [0.1, 0.15) is 11.1 Å². The Morgan fingerprint density at radius 3 is 2.67 bits per heavy atom. The average Bonchev–Trinajstić information content (AvgIpc) is 2.54. The minimum absolute atomic E-state index is 0.129. The Morgan fingerprint density at radius 2 is 2.08 bits per heavy atom. The number of carbonyl (C=O) groups is 1. The first-order valence-corrected chi connectivity index (χ1v) is 6.83. The molecule has 1 N–H and O–H groups in total. The van der Waals surface area contributed by atoms with Crippen molar-refractivity contribution in [2.45, 2.75) is 19.3 Å². The molecule has 2 rings (SSSR count). The number of methoxy groups -OCH3 is 1. The van der Waals surface area contributed by atoms with E-state index in [-0.39, 0.29) is 6.54 Å². The Balaban J connectivity index is 2.01. The summed E-state index contributed by atoms with van der Waals surface area (Å²) < 4.78 is 43.6. The van der Waals surface area contributed by atoms with E-state index in [1.807, 2.05) is 0 Å². The van der Waals surface area contributed by atoms with E-state index in [1.54, 1.807) is 12.1 Å². The quantitative estimate of drug-likeness (QED) is 0.896. The number of rotatable bonds is 5. The zero-order chi connectivity index (χ0) is 17.7. The first-order chi connectivity index (χ1) is 11.3. The van der Waals surface area contributed by atoms with Crippen LogP contribution in [0.3, 0.4) is 0 Å². The molecule has 0 aliphatic carbocycles. The SMILES string of the molecule is COc1ccc(CNC(=O)Cn2cccc(C(F)(F)F)c2=O)cn1. The van der Waals surface area contributed by atoms with Gasteiger partial charge in [0.2, 0.25) is 11.8 Å². The summed E-state index contributed by atoms with van der Waals surface area (Å²) in [6.07, 6.45) is -2.13. The van der Waals surface area contributed by atoms with Gasteiger partial charge in [-0.05, 0) is 17.7 Å². The lowest BCUT2D eigenvalue weighted by molar-refractivity contribution is -0.139. The van der Waals surface area contributed by atoms with E-state index in [0.29, 0.717) is 22.1 Å². The van der Waals surface area contributed by atoms with Crippen LogP contribution in [0, 0.1) is 0 Å². The number of pyridine rings is 2. The molecule has 2 aromatic rings. The molecule has 128 valence electrons. The fourth-order valence-electron chi connectivity index (χ4n) is 1.92. The first-order valence-electron chi connectivity index (χ1n) is 6.83. The second kappa shape index (κ2) is 7.16. The molecule has 6 nitrogen and oxygen atoms in total. The van der Waals surface area contributed by atoms with Gasteiger partial charge in [0.25, 0.3) is 5.56 Å². The van der Waals surface area contributed by atoms with E-state index >= 15 is 0 Å². The van der Waals surface area contributed by atoms with Crippen molar-refractivity contribution in [2.24, 2.45) is 0 Å². The molecule has 2 aromatic heterocycles. The largest absolute Gasteiger partial charge is 0.481 e. The topological polar surface area (TPSA) is 73.2 Å². The zero-order valence-electron chi connectivity index (χ0n) is 12.6. The monoisotopic (exact) mass is 341 g/mol. The first kappa shape index (κ1) is 17.5. The Hall–Kier alpha value is -2.84. The van der Waals surface area contributed by atoms with Crippen LogP contribution in [-0.4, -0.2) is 22.6 Å². The zero-order valence-corrected chi connectivity index (χ0v) is 12.6. The van der Waals surface area contributed by atoms with Crippen LogP contribution >= 0.6 is 0 Å². The Kier molecular flexibility index (Phi) is 5.22. The van der Waals surface area contributed by atoms with Gasteiger partial charge in [0.15, 0.2) is 0 Å². The molecular weight excluding hydrogens is 327 g/mol. The summed E-state index contributed by atoms with van der Waals surface area (Å²) in [5.74, 6) is -0.173. The molecule has 0 radical (unpaired) electrons. The summed E-state index contributed by atoms with van der Waals surface area (Å²) in [5, 5.41) is 2.51. The molecule has 0 bridgehead atoms. The van der Waals surface area contributed by atoms with Gasteiger partial charge in [0.05, 0.1) is 7.11 Å². The third kappa shape index (κ3) is 4.34. The third-order valence-corrected chi connectivity index (χ3v) is 3.14. The van der Waals surface area contributed by atoms with Crippen molar-refractivity contribution >= 4 is 5.91 Å². The number of hydrogen-bond donors (Lipinski definition) is 1. The molecule has 0 aliphatic heterocycles. The molecule has 0 saturated heterocycles. The number of aromatic nitrogens is 2. The van der Waals surface area contributed by atoms with Crippen molar-refractivity contribution < 1.29 is 22.7 Å². The molecule has 0 unspecified atom stereocenters. The Morgan fingerprint density at radius 1 is 1.33 bits per heavy atom. The Bertz CT molecular complexity index is 770. The lowest BCUT2D eigenvalue weighted by Gasteiger charge is -2.10. The standard InChI is InChI=1S/C15H14F3N3O3/c1-24-13-5-4-10(8-20-13)7-19-12(22)9-21-6-2-3-11(14(21)23)15(16,17)18/h2-6,8H,7,9H2,1H3,(H,19,22). The summed E-state index contributed by atoms with van der Waals surface area (Å²) in [4.78, 5) is 27.5. The van der Waals surface area contributed by atoms with Crippen LogP contribution in [0.5, 0.6) is 5.88 Å². The molecule has 24 heavy (non-hydrogen) atoms. The number of ether oxygens (including phenoxy) is 1. The minimum Gasteiger partial charge on any atom is -0.481 e. The number of amides is 1. The van der Waals surface area contributed by atoms with E-state index in [2.05, 4.69) is 10.3 Å². The molecule has 0 aliphatic rings. The summed E-state index contributed by atoms with van der Waals surface area (Å²) in [5.41, 5.74) is -1.89. The van der Waals surface area contributed by atoms with Gasteiger partial charge in [-0.3, -0.25) is 9.59 Å². The highest BCUT2D eigenvalue weighted by Gasteiger charge is 2.34. The van der Waals surface area contributed by atoms with Crippen molar-refractivity contribution in [3.8, 4) is 5.88 Å². The van der Waals surface area contributed by atoms with E-state index in [9.17, 15) is 22.8 Å². The normalized spacial score (nSPS) is 11.2. The van der Waals surface area contributed by atoms with Crippen LogP contribution in [0.15, 0.2) is 41.5 Å². The fourth-order valence-corrected chi connectivity index (χ4v) is 1.92. The second-order valence-corrected chi connectivity index (χ2v) is 4.84. The predicted molar refractivity (Wildman–Crippen MR) is 78.3 cm³/mol. The van der Waals surface area contributed by atoms with Gasteiger partial charge in [0.1, 0.15) is 12.1 Å². The summed E-state index contributed by atoms with van der Waals surface area (Å²) in [7, 11) is 1.47. The highest BCUT2D eigenvalue weighted by molar-refractivity contribution is 5.75. The second-order valence-electron chi connectivity index (χ2n) is 4.84. The lowest BCUT2D eigenvalue weighted by Crippen LogP contribution is -2.34. The lowest BCUT2D eigenvalue weighted by atomic mass is 10.2. The minimum atomic E-state index is -4.76. The molecule has 0 fully saturated rings.